The molecule has 0 bridgehead atoms. The molecule has 2 rings (SSSR count). The van der Waals surface area contributed by atoms with Crippen molar-refractivity contribution in [3.63, 3.8) is 0 Å². The van der Waals surface area contributed by atoms with E-state index in [1.165, 1.54) is 43.3 Å². The summed E-state index contributed by atoms with van der Waals surface area (Å²) in [6, 6.07) is 8.93. The molecule has 10 heteroatoms. The van der Waals surface area contributed by atoms with Crippen LogP contribution in [0, 0.1) is 0 Å². The third-order valence-electron chi connectivity index (χ3n) is 5.22. The van der Waals surface area contributed by atoms with Crippen molar-refractivity contribution in [2.75, 3.05) is 11.3 Å². The highest BCUT2D eigenvalue weighted by atomic mass is 32.2. The summed E-state index contributed by atoms with van der Waals surface area (Å²) in [7, 11) is -3.82. The molecule has 186 valence electrons. The van der Waals surface area contributed by atoms with Crippen LogP contribution in [0.15, 0.2) is 47.5 Å². The van der Waals surface area contributed by atoms with E-state index in [-0.39, 0.29) is 22.7 Å². The molecule has 0 aliphatic carbocycles. The predicted octanol–water partition coefficient (Wildman–Crippen LogP) is 4.35. The number of nitrogens with one attached hydrogen (secondary N) is 1. The van der Waals surface area contributed by atoms with E-state index >= 15 is 0 Å². The molecule has 9 nitrogen and oxygen atoms in total. The Balaban J connectivity index is 1.62. The Morgan fingerprint density at radius 1 is 0.882 bits per heavy atom. The average Bonchev–Trinajstić information content (AvgIpc) is 2.80. The summed E-state index contributed by atoms with van der Waals surface area (Å²) in [5.41, 5.74) is 5.34. The lowest BCUT2D eigenvalue weighted by Crippen LogP contribution is -2.15. The number of nitrogens with zero attached hydrogens (tertiary/aromatic N) is 1. The van der Waals surface area contributed by atoms with Gasteiger partial charge in [-0.15, -0.1) is 0 Å². The Kier molecular flexibility index (Phi) is 11.3. The fourth-order valence-corrected chi connectivity index (χ4v) is 4.33. The summed E-state index contributed by atoms with van der Waals surface area (Å²) in [6.07, 6.45) is 10.9. The van der Waals surface area contributed by atoms with Crippen molar-refractivity contribution in [3.05, 3.63) is 48.2 Å². The maximum Gasteiger partial charge on any atom is 0.303 e. The number of anilines is 1. The van der Waals surface area contributed by atoms with Crippen LogP contribution in [0.5, 0.6) is 5.75 Å². The number of carbonyl (C=O) groups excluding carboxylic acids is 1. The molecule has 2 aromatic rings. The van der Waals surface area contributed by atoms with Crippen LogP contribution in [0.3, 0.4) is 0 Å². The van der Waals surface area contributed by atoms with Crippen LogP contribution in [0.4, 0.5) is 5.82 Å². The second-order valence-electron chi connectivity index (χ2n) is 8.05. The van der Waals surface area contributed by atoms with Crippen LogP contribution in [0.25, 0.3) is 0 Å². The number of primary amides is 1. The number of aliphatic carboxylic acids is 1. The molecule has 1 aromatic carbocycles. The maximum absolute atomic E-state index is 12.5. The number of nitrogens with two attached hydrogens (primary N) is 1. The summed E-state index contributed by atoms with van der Waals surface area (Å²) >= 11 is 0. The van der Waals surface area contributed by atoms with Crippen molar-refractivity contribution < 1.29 is 27.9 Å². The number of aromatic nitrogens is 1. The topological polar surface area (TPSA) is 149 Å². The number of carbonyl (C=O) groups is 2. The molecule has 0 atom stereocenters. The largest absolute Gasteiger partial charge is 0.494 e. The Labute approximate surface area is 200 Å². The number of carboxylic acid groups (broad SMARTS) is 1. The highest BCUT2D eigenvalue weighted by Crippen LogP contribution is 2.19. The third-order valence-corrected chi connectivity index (χ3v) is 6.60. The zero-order valence-corrected chi connectivity index (χ0v) is 20.1. The normalized spacial score (nSPS) is 11.2. The number of benzene rings is 1. The van der Waals surface area contributed by atoms with E-state index in [1.807, 2.05) is 0 Å². The molecular weight excluding hydrogens is 458 g/mol. The SMILES string of the molecule is NC(=O)c1ccc(NS(=O)(=O)c2ccc(OCCCCCCCCCCCC(=O)O)cc2)nc1. The van der Waals surface area contributed by atoms with Crippen molar-refractivity contribution in [2.45, 2.75) is 69.1 Å². The highest BCUT2D eigenvalue weighted by molar-refractivity contribution is 7.92. The molecule has 1 amide bonds. The van der Waals surface area contributed by atoms with Crippen LogP contribution in [-0.2, 0) is 14.8 Å². The van der Waals surface area contributed by atoms with Crippen molar-refractivity contribution >= 4 is 27.7 Å². The quantitative estimate of drug-likeness (QED) is 0.279. The average molecular weight is 492 g/mol. The Bertz CT molecular complexity index is 1010. The number of carboxylic acids is 1. The zero-order valence-electron chi connectivity index (χ0n) is 19.2. The van der Waals surface area contributed by atoms with E-state index in [9.17, 15) is 18.0 Å². The van der Waals surface area contributed by atoms with Crippen LogP contribution in [0.2, 0.25) is 0 Å². The molecule has 0 radical (unpaired) electrons. The minimum absolute atomic E-state index is 0.0728. The van der Waals surface area contributed by atoms with Gasteiger partial charge in [-0.3, -0.25) is 14.3 Å². The maximum atomic E-state index is 12.5. The smallest absolute Gasteiger partial charge is 0.303 e. The number of sulfonamides is 1. The third kappa shape index (κ3) is 10.2. The van der Waals surface area contributed by atoms with E-state index < -0.39 is 21.9 Å². The van der Waals surface area contributed by atoms with E-state index in [4.69, 9.17) is 15.6 Å². The second kappa shape index (κ2) is 14.2. The van der Waals surface area contributed by atoms with Gasteiger partial charge >= 0.3 is 5.97 Å². The number of ether oxygens (including phenoxy) is 1. The first-order chi connectivity index (χ1) is 16.3. The molecule has 0 spiro atoms. The van der Waals surface area contributed by atoms with Gasteiger partial charge < -0.3 is 15.6 Å². The lowest BCUT2D eigenvalue weighted by Gasteiger charge is -2.09. The molecule has 0 aliphatic heterocycles. The first-order valence-electron chi connectivity index (χ1n) is 11.5. The summed E-state index contributed by atoms with van der Waals surface area (Å²) in [5.74, 6) is -0.671. The monoisotopic (exact) mass is 491 g/mol. The molecule has 34 heavy (non-hydrogen) atoms. The Hall–Kier alpha value is -3.14. The van der Waals surface area contributed by atoms with Crippen LogP contribution >= 0.6 is 0 Å². The predicted molar refractivity (Wildman–Crippen MR) is 129 cm³/mol. The van der Waals surface area contributed by atoms with Gasteiger partial charge in [-0.25, -0.2) is 13.4 Å². The van der Waals surface area contributed by atoms with Gasteiger partial charge in [0.2, 0.25) is 5.91 Å². The number of amides is 1. The number of pyridine rings is 1. The summed E-state index contributed by atoms with van der Waals surface area (Å²) < 4.78 is 33.1. The van der Waals surface area contributed by atoms with Gasteiger partial charge in [0, 0.05) is 12.6 Å². The first kappa shape index (κ1) is 27.1. The van der Waals surface area contributed by atoms with Gasteiger partial charge in [0.15, 0.2) is 0 Å². The molecule has 4 N–H and O–H groups in total. The molecule has 1 aromatic heterocycles. The lowest BCUT2D eigenvalue weighted by molar-refractivity contribution is -0.137. The summed E-state index contributed by atoms with van der Waals surface area (Å²) in [4.78, 5) is 25.5. The standard InChI is InChI=1S/C24H33N3O6S/c25-24(30)19-11-16-22(26-18-19)27-34(31,32)21-14-12-20(13-15-21)33-17-9-7-5-3-1-2-4-6-8-10-23(28)29/h11-16,18H,1-10,17H2,(H2,25,30)(H,26,27)(H,28,29). The number of rotatable bonds is 17. The van der Waals surface area contributed by atoms with Gasteiger partial charge in [0.25, 0.3) is 10.0 Å². The Morgan fingerprint density at radius 3 is 2.00 bits per heavy atom. The van der Waals surface area contributed by atoms with Gasteiger partial charge in [0.05, 0.1) is 17.1 Å². The molecular formula is C24H33N3O6S. The van der Waals surface area contributed by atoms with Crippen molar-refractivity contribution in [2.24, 2.45) is 5.73 Å². The van der Waals surface area contributed by atoms with Gasteiger partial charge in [-0.1, -0.05) is 44.9 Å². The van der Waals surface area contributed by atoms with Crippen LogP contribution in [0.1, 0.15) is 74.6 Å². The molecule has 0 unspecified atom stereocenters. The minimum Gasteiger partial charge on any atom is -0.494 e. The second-order valence-corrected chi connectivity index (χ2v) is 9.73. The van der Waals surface area contributed by atoms with E-state index in [1.54, 1.807) is 12.1 Å². The molecule has 1 heterocycles. The fraction of sp³-hybridized carbons (Fsp3) is 0.458. The van der Waals surface area contributed by atoms with Gasteiger partial charge in [-0.2, -0.15) is 0 Å². The minimum atomic E-state index is -3.82. The molecule has 0 saturated carbocycles. The van der Waals surface area contributed by atoms with E-state index in [0.717, 1.165) is 44.9 Å². The molecule has 0 fully saturated rings. The van der Waals surface area contributed by atoms with Crippen molar-refractivity contribution in [3.8, 4) is 5.75 Å². The van der Waals surface area contributed by atoms with E-state index in [2.05, 4.69) is 9.71 Å². The summed E-state index contributed by atoms with van der Waals surface area (Å²) in [6.45, 7) is 0.565. The van der Waals surface area contributed by atoms with E-state index in [0.29, 0.717) is 12.4 Å². The van der Waals surface area contributed by atoms with Crippen LogP contribution in [-0.4, -0.2) is 37.0 Å². The number of hydrogen-bond donors (Lipinski definition) is 3. The number of unbranched alkanes of at least 4 members (excludes halogenated alkanes) is 8. The molecule has 0 saturated heterocycles. The van der Waals surface area contributed by atoms with Crippen molar-refractivity contribution in [1.82, 2.24) is 4.98 Å². The lowest BCUT2D eigenvalue weighted by atomic mass is 10.1. The Morgan fingerprint density at radius 2 is 1.47 bits per heavy atom. The van der Waals surface area contributed by atoms with Crippen LogP contribution < -0.4 is 15.2 Å². The molecule has 0 aliphatic rings. The van der Waals surface area contributed by atoms with Crippen molar-refractivity contribution in [1.29, 1.82) is 0 Å². The zero-order chi connectivity index (χ0) is 24.8. The summed E-state index contributed by atoms with van der Waals surface area (Å²) in [5, 5.41) is 8.59. The number of hydrogen-bond acceptors (Lipinski definition) is 6. The van der Waals surface area contributed by atoms with Gasteiger partial charge in [-0.05, 0) is 49.2 Å². The van der Waals surface area contributed by atoms with Gasteiger partial charge in [0.1, 0.15) is 11.6 Å². The first-order valence-corrected chi connectivity index (χ1v) is 13.0. The highest BCUT2D eigenvalue weighted by Gasteiger charge is 2.15. The fourth-order valence-electron chi connectivity index (χ4n) is 3.32.